The molecule has 6 heteroatoms. The van der Waals surface area contributed by atoms with Crippen molar-refractivity contribution in [2.24, 2.45) is 5.92 Å². The molecule has 2 heterocycles. The molecule has 0 bridgehead atoms. The molecule has 0 amide bonds. The Balaban J connectivity index is 1.60. The van der Waals surface area contributed by atoms with E-state index in [1.54, 1.807) is 17.7 Å². The number of aliphatic carboxylic acids is 1. The molecule has 0 radical (unpaired) electrons. The lowest BCUT2D eigenvalue weighted by Crippen LogP contribution is -2.35. The molecule has 1 saturated carbocycles. The Bertz CT molecular complexity index is 634. The predicted octanol–water partition coefficient (Wildman–Crippen LogP) is 3.06. The number of aromatic nitrogens is 2. The number of hydrogen-bond donors (Lipinski definition) is 2. The van der Waals surface area contributed by atoms with E-state index in [0.717, 1.165) is 35.3 Å². The summed E-state index contributed by atoms with van der Waals surface area (Å²) >= 11 is 1.67. The van der Waals surface area contributed by atoms with Crippen LogP contribution in [0.1, 0.15) is 31.2 Å². The summed E-state index contributed by atoms with van der Waals surface area (Å²) in [5.74, 6) is 0.744. The van der Waals surface area contributed by atoms with E-state index in [-0.39, 0.29) is 6.42 Å². The first-order valence-corrected chi connectivity index (χ1v) is 7.68. The molecule has 0 unspecified atom stereocenters. The van der Waals surface area contributed by atoms with Gasteiger partial charge in [0.25, 0.3) is 0 Å². The summed E-state index contributed by atoms with van der Waals surface area (Å²) in [7, 11) is 0. The van der Waals surface area contributed by atoms with Gasteiger partial charge in [-0.05, 0) is 43.0 Å². The first kappa shape index (κ1) is 13.3. The van der Waals surface area contributed by atoms with Gasteiger partial charge in [-0.2, -0.15) is 0 Å². The molecule has 2 aromatic heterocycles. The van der Waals surface area contributed by atoms with Crippen molar-refractivity contribution in [3.8, 4) is 0 Å². The van der Waals surface area contributed by atoms with E-state index < -0.39 is 5.97 Å². The zero-order valence-electron chi connectivity index (χ0n) is 11.3. The second-order valence-corrected chi connectivity index (χ2v) is 6.31. The van der Waals surface area contributed by atoms with Crippen LogP contribution in [0.15, 0.2) is 11.7 Å². The summed E-state index contributed by atoms with van der Waals surface area (Å²) < 4.78 is 1.11. The Morgan fingerprint density at radius 2 is 2.30 bits per heavy atom. The van der Waals surface area contributed by atoms with Crippen molar-refractivity contribution in [1.82, 2.24) is 9.97 Å². The van der Waals surface area contributed by atoms with E-state index in [1.165, 1.54) is 5.56 Å². The van der Waals surface area contributed by atoms with Crippen molar-refractivity contribution < 1.29 is 9.90 Å². The molecule has 0 atom stereocenters. The highest BCUT2D eigenvalue weighted by Gasteiger charge is 2.29. The molecule has 0 aliphatic heterocycles. The monoisotopic (exact) mass is 291 g/mol. The zero-order chi connectivity index (χ0) is 14.1. The fraction of sp³-hybridized carbons (Fsp3) is 0.500. The Morgan fingerprint density at radius 3 is 3.05 bits per heavy atom. The normalized spacial score (nSPS) is 21.6. The summed E-state index contributed by atoms with van der Waals surface area (Å²) in [6.45, 7) is 2.06. The number of aryl methyl sites for hydroxylation is 1. The van der Waals surface area contributed by atoms with Crippen LogP contribution >= 0.6 is 11.3 Å². The number of carboxylic acids is 1. The van der Waals surface area contributed by atoms with Gasteiger partial charge < -0.3 is 10.4 Å². The first-order valence-electron chi connectivity index (χ1n) is 6.80. The van der Waals surface area contributed by atoms with Crippen LogP contribution in [0.5, 0.6) is 0 Å². The van der Waals surface area contributed by atoms with Gasteiger partial charge >= 0.3 is 5.97 Å². The van der Waals surface area contributed by atoms with E-state index in [2.05, 4.69) is 27.6 Å². The molecule has 1 fully saturated rings. The van der Waals surface area contributed by atoms with E-state index in [4.69, 9.17) is 5.11 Å². The standard InChI is InChI=1S/C14H17N3O2S/c1-8-6-20-13-12(8)15-7-16-14(13)17-10-4-9(5-10)2-3-11(18)19/h6-7,9-10H,2-5H2,1H3,(H,18,19)(H,15,16,17). The minimum atomic E-state index is -0.701. The topological polar surface area (TPSA) is 75.1 Å². The third-order valence-corrected chi connectivity index (χ3v) is 4.97. The Labute approximate surface area is 121 Å². The van der Waals surface area contributed by atoms with Crippen LogP contribution < -0.4 is 5.32 Å². The maximum absolute atomic E-state index is 10.5. The SMILES string of the molecule is Cc1csc2c(NC3CC(CCC(=O)O)C3)ncnc12. The number of hydrogen-bond acceptors (Lipinski definition) is 5. The van der Waals surface area contributed by atoms with Gasteiger partial charge in [-0.3, -0.25) is 4.79 Å². The minimum Gasteiger partial charge on any atom is -0.481 e. The maximum atomic E-state index is 10.5. The van der Waals surface area contributed by atoms with Crippen molar-refractivity contribution in [1.29, 1.82) is 0 Å². The van der Waals surface area contributed by atoms with Gasteiger partial charge in [0, 0.05) is 12.5 Å². The van der Waals surface area contributed by atoms with Gasteiger partial charge in [-0.25, -0.2) is 9.97 Å². The summed E-state index contributed by atoms with van der Waals surface area (Å²) in [5.41, 5.74) is 2.21. The van der Waals surface area contributed by atoms with Gasteiger partial charge in [0.2, 0.25) is 0 Å². The summed E-state index contributed by atoms with van der Waals surface area (Å²) in [6, 6.07) is 0.411. The van der Waals surface area contributed by atoms with Gasteiger partial charge in [-0.15, -0.1) is 11.3 Å². The van der Waals surface area contributed by atoms with Crippen molar-refractivity contribution in [3.63, 3.8) is 0 Å². The molecule has 5 nitrogen and oxygen atoms in total. The molecular weight excluding hydrogens is 274 g/mol. The average molecular weight is 291 g/mol. The number of carboxylic acid groups (broad SMARTS) is 1. The Morgan fingerprint density at radius 1 is 1.50 bits per heavy atom. The molecule has 0 aromatic carbocycles. The van der Waals surface area contributed by atoms with Crippen LogP contribution in [0.2, 0.25) is 0 Å². The van der Waals surface area contributed by atoms with Crippen LogP contribution in [0.3, 0.4) is 0 Å². The molecule has 20 heavy (non-hydrogen) atoms. The first-order chi connectivity index (χ1) is 9.63. The molecule has 106 valence electrons. The summed E-state index contributed by atoms with van der Waals surface area (Å²) in [4.78, 5) is 19.2. The summed E-state index contributed by atoms with van der Waals surface area (Å²) in [5, 5.41) is 14.2. The predicted molar refractivity (Wildman–Crippen MR) is 79.2 cm³/mol. The lowest BCUT2D eigenvalue weighted by atomic mass is 9.77. The number of anilines is 1. The van der Waals surface area contributed by atoms with Crippen molar-refractivity contribution >= 4 is 33.3 Å². The fourth-order valence-corrected chi connectivity index (χ4v) is 3.64. The molecule has 2 aromatic rings. The highest BCUT2D eigenvalue weighted by Crippen LogP contribution is 2.35. The quantitative estimate of drug-likeness (QED) is 0.885. The van der Waals surface area contributed by atoms with Crippen LogP contribution in [0, 0.1) is 12.8 Å². The fourth-order valence-electron chi connectivity index (χ4n) is 2.68. The number of thiophene rings is 1. The maximum Gasteiger partial charge on any atom is 0.303 e. The van der Waals surface area contributed by atoms with Gasteiger partial charge in [0.1, 0.15) is 12.1 Å². The molecule has 1 aliphatic carbocycles. The van der Waals surface area contributed by atoms with E-state index >= 15 is 0 Å². The molecule has 1 aliphatic rings. The van der Waals surface area contributed by atoms with Crippen molar-refractivity contribution in [2.45, 2.75) is 38.6 Å². The van der Waals surface area contributed by atoms with E-state index in [1.807, 2.05) is 0 Å². The second-order valence-electron chi connectivity index (χ2n) is 5.43. The average Bonchev–Trinajstić information content (AvgIpc) is 2.74. The second kappa shape index (κ2) is 5.36. The molecule has 3 rings (SSSR count). The van der Waals surface area contributed by atoms with Gasteiger partial charge in [0.05, 0.1) is 10.2 Å². The Hall–Kier alpha value is -1.69. The minimum absolute atomic E-state index is 0.277. The van der Waals surface area contributed by atoms with Gasteiger partial charge in [-0.1, -0.05) is 0 Å². The smallest absolute Gasteiger partial charge is 0.303 e. The Kier molecular flexibility index (Phi) is 3.56. The van der Waals surface area contributed by atoms with E-state index in [0.29, 0.717) is 12.0 Å². The number of rotatable bonds is 5. The van der Waals surface area contributed by atoms with Crippen molar-refractivity contribution in [2.75, 3.05) is 5.32 Å². The highest BCUT2D eigenvalue weighted by atomic mass is 32.1. The molecule has 2 N–H and O–H groups in total. The molecule has 0 saturated heterocycles. The van der Waals surface area contributed by atoms with Crippen molar-refractivity contribution in [3.05, 3.63) is 17.3 Å². The number of fused-ring (bicyclic) bond motifs is 1. The number of nitrogens with zero attached hydrogens (tertiary/aromatic N) is 2. The lowest BCUT2D eigenvalue weighted by Gasteiger charge is -2.36. The van der Waals surface area contributed by atoms with Gasteiger partial charge in [0.15, 0.2) is 0 Å². The molecule has 0 spiro atoms. The largest absolute Gasteiger partial charge is 0.481 e. The molecular formula is C14H17N3O2S. The van der Waals surface area contributed by atoms with E-state index in [9.17, 15) is 4.79 Å². The van der Waals surface area contributed by atoms with Crippen LogP contribution in [0.4, 0.5) is 5.82 Å². The van der Waals surface area contributed by atoms with Crippen LogP contribution in [0.25, 0.3) is 10.2 Å². The van der Waals surface area contributed by atoms with Crippen LogP contribution in [-0.2, 0) is 4.79 Å². The summed E-state index contributed by atoms with van der Waals surface area (Å²) in [6.07, 6.45) is 4.72. The zero-order valence-corrected chi connectivity index (χ0v) is 12.1. The lowest BCUT2D eigenvalue weighted by molar-refractivity contribution is -0.137. The van der Waals surface area contributed by atoms with Crippen LogP contribution in [-0.4, -0.2) is 27.1 Å². The number of carbonyl (C=O) groups is 1. The third kappa shape index (κ3) is 2.60. The third-order valence-electron chi connectivity index (χ3n) is 3.87. The number of nitrogens with one attached hydrogen (secondary N) is 1. The highest BCUT2D eigenvalue weighted by molar-refractivity contribution is 7.18.